The molecule has 3 saturated carbocycles. The minimum absolute atomic E-state index is 0.117. The van der Waals surface area contributed by atoms with Crippen molar-refractivity contribution >= 4 is 5.78 Å². The Morgan fingerprint density at radius 2 is 1.91 bits per heavy atom. The molecule has 0 aromatic rings. The molecule has 3 fully saturated rings. The minimum Gasteiger partial charge on any atom is -0.393 e. The SMILES string of the molecule is CC(=O)C1CCC2C3CC=C4C[C@@H](O)CC[C@]4(C)C3CCC12C. The highest BCUT2D eigenvalue weighted by Gasteiger charge is 2.59. The number of rotatable bonds is 1. The van der Waals surface area contributed by atoms with Crippen LogP contribution >= 0.6 is 0 Å². The van der Waals surface area contributed by atoms with E-state index < -0.39 is 0 Å². The van der Waals surface area contributed by atoms with E-state index in [1.54, 1.807) is 5.57 Å². The molecule has 4 aliphatic rings. The molecule has 128 valence electrons. The van der Waals surface area contributed by atoms with Gasteiger partial charge in [0, 0.05) is 5.92 Å². The first kappa shape index (κ1) is 15.9. The minimum atomic E-state index is -0.117. The van der Waals surface area contributed by atoms with Gasteiger partial charge in [-0.2, -0.15) is 0 Å². The molecule has 4 aliphatic carbocycles. The normalized spacial score (nSPS) is 52.2. The van der Waals surface area contributed by atoms with Crippen LogP contribution in [0.25, 0.3) is 0 Å². The highest BCUT2D eigenvalue weighted by atomic mass is 16.3. The maximum absolute atomic E-state index is 12.2. The molecule has 2 heteroatoms. The molecule has 0 aromatic heterocycles. The number of hydrogen-bond acceptors (Lipinski definition) is 2. The average molecular weight is 316 g/mol. The van der Waals surface area contributed by atoms with E-state index >= 15 is 0 Å². The van der Waals surface area contributed by atoms with Crippen molar-refractivity contribution in [3.63, 3.8) is 0 Å². The lowest BCUT2D eigenvalue weighted by Gasteiger charge is -2.57. The molecule has 23 heavy (non-hydrogen) atoms. The topological polar surface area (TPSA) is 37.3 Å². The summed E-state index contributed by atoms with van der Waals surface area (Å²) in [6.45, 7) is 6.70. The maximum atomic E-state index is 12.2. The summed E-state index contributed by atoms with van der Waals surface area (Å²) < 4.78 is 0. The highest BCUT2D eigenvalue weighted by molar-refractivity contribution is 5.79. The van der Waals surface area contributed by atoms with E-state index in [9.17, 15) is 9.90 Å². The molecule has 4 rings (SSSR count). The quantitative estimate of drug-likeness (QED) is 0.722. The summed E-state index contributed by atoms with van der Waals surface area (Å²) in [7, 11) is 0. The second-order valence-corrected chi connectivity index (χ2v) is 9.44. The number of aliphatic hydroxyl groups is 1. The average Bonchev–Trinajstić information content (AvgIpc) is 2.85. The Hall–Kier alpha value is -0.630. The number of hydrogen-bond donors (Lipinski definition) is 1. The largest absolute Gasteiger partial charge is 0.393 e. The lowest BCUT2D eigenvalue weighted by molar-refractivity contribution is -0.127. The van der Waals surface area contributed by atoms with Crippen LogP contribution in [0.4, 0.5) is 0 Å². The zero-order chi connectivity index (χ0) is 16.4. The van der Waals surface area contributed by atoms with Crippen LogP contribution in [0.2, 0.25) is 0 Å². The molecular weight excluding hydrogens is 284 g/mol. The first-order valence-corrected chi connectivity index (χ1v) is 9.74. The van der Waals surface area contributed by atoms with Crippen molar-refractivity contribution in [3.8, 4) is 0 Å². The van der Waals surface area contributed by atoms with Crippen LogP contribution in [0.1, 0.15) is 72.1 Å². The molecule has 2 nitrogen and oxygen atoms in total. The van der Waals surface area contributed by atoms with E-state index in [4.69, 9.17) is 0 Å². The monoisotopic (exact) mass is 316 g/mol. The van der Waals surface area contributed by atoms with E-state index in [2.05, 4.69) is 19.9 Å². The van der Waals surface area contributed by atoms with Crippen LogP contribution in [0.5, 0.6) is 0 Å². The van der Waals surface area contributed by atoms with Crippen molar-refractivity contribution in [2.45, 2.75) is 78.2 Å². The summed E-state index contributed by atoms with van der Waals surface area (Å²) in [6.07, 6.45) is 11.5. The summed E-state index contributed by atoms with van der Waals surface area (Å²) >= 11 is 0. The fourth-order valence-corrected chi connectivity index (χ4v) is 7.31. The van der Waals surface area contributed by atoms with Crippen molar-refractivity contribution in [1.29, 1.82) is 0 Å². The summed E-state index contributed by atoms with van der Waals surface area (Å²) in [4.78, 5) is 12.2. The highest BCUT2D eigenvalue weighted by Crippen LogP contribution is 2.66. The van der Waals surface area contributed by atoms with Crippen molar-refractivity contribution < 1.29 is 9.90 Å². The zero-order valence-corrected chi connectivity index (χ0v) is 15.0. The van der Waals surface area contributed by atoms with Gasteiger partial charge in [0.1, 0.15) is 5.78 Å². The van der Waals surface area contributed by atoms with Crippen molar-refractivity contribution in [2.75, 3.05) is 0 Å². The lowest BCUT2D eigenvalue weighted by Crippen LogP contribution is -2.50. The van der Waals surface area contributed by atoms with Crippen LogP contribution < -0.4 is 0 Å². The van der Waals surface area contributed by atoms with Gasteiger partial charge in [-0.1, -0.05) is 25.5 Å². The standard InChI is InChI=1S/C21H32O2/c1-13(22)17-6-7-18-16-5-4-14-12-15(23)8-10-20(14,2)19(16)9-11-21(17,18)3/h4,15-19,23H,5-12H2,1-3H3/t15-,16?,17?,18?,19?,20-,21?/m0/s1. The molecule has 0 bridgehead atoms. The van der Waals surface area contributed by atoms with Gasteiger partial charge in [-0.05, 0) is 86.9 Å². The van der Waals surface area contributed by atoms with Crippen molar-refractivity contribution in [3.05, 3.63) is 11.6 Å². The fourth-order valence-electron chi connectivity index (χ4n) is 7.31. The van der Waals surface area contributed by atoms with Crippen LogP contribution in [-0.4, -0.2) is 17.0 Å². The van der Waals surface area contributed by atoms with Gasteiger partial charge < -0.3 is 5.11 Å². The molecule has 0 heterocycles. The Bertz CT molecular complexity index is 550. The first-order valence-electron chi connectivity index (χ1n) is 9.74. The lowest BCUT2D eigenvalue weighted by atomic mass is 9.47. The number of aliphatic hydroxyl groups excluding tert-OH is 1. The van der Waals surface area contributed by atoms with E-state index in [-0.39, 0.29) is 11.5 Å². The van der Waals surface area contributed by atoms with Crippen LogP contribution in [-0.2, 0) is 4.79 Å². The third-order valence-electron chi connectivity index (χ3n) is 8.57. The van der Waals surface area contributed by atoms with Crippen LogP contribution in [0, 0.1) is 34.5 Å². The van der Waals surface area contributed by atoms with E-state index in [1.165, 1.54) is 25.7 Å². The number of ketones is 1. The van der Waals surface area contributed by atoms with Gasteiger partial charge in [0.15, 0.2) is 0 Å². The van der Waals surface area contributed by atoms with Gasteiger partial charge in [-0.15, -0.1) is 0 Å². The summed E-state index contributed by atoms with van der Waals surface area (Å²) in [6, 6.07) is 0. The Labute approximate surface area is 140 Å². The smallest absolute Gasteiger partial charge is 0.133 e. The first-order chi connectivity index (χ1) is 10.9. The fraction of sp³-hybridized carbons (Fsp3) is 0.857. The van der Waals surface area contributed by atoms with Gasteiger partial charge in [0.25, 0.3) is 0 Å². The third kappa shape index (κ3) is 2.13. The number of carbonyl (C=O) groups excluding carboxylic acids is 1. The molecule has 0 aromatic carbocycles. The number of fused-ring (bicyclic) bond motifs is 5. The molecular formula is C21H32O2. The number of carbonyl (C=O) groups is 1. The van der Waals surface area contributed by atoms with Crippen LogP contribution in [0.15, 0.2) is 11.6 Å². The Balaban J connectivity index is 1.66. The predicted octanol–water partition coefficient (Wildman–Crippen LogP) is 4.52. The Morgan fingerprint density at radius 1 is 1.13 bits per heavy atom. The van der Waals surface area contributed by atoms with Gasteiger partial charge in [0.05, 0.1) is 6.10 Å². The molecule has 0 spiro atoms. The molecule has 0 amide bonds. The molecule has 0 saturated heterocycles. The summed E-state index contributed by atoms with van der Waals surface area (Å²) in [5.74, 6) is 3.00. The Morgan fingerprint density at radius 3 is 2.65 bits per heavy atom. The zero-order valence-electron chi connectivity index (χ0n) is 15.0. The second kappa shape index (κ2) is 5.18. The predicted molar refractivity (Wildman–Crippen MR) is 91.9 cm³/mol. The van der Waals surface area contributed by atoms with E-state index in [0.717, 1.165) is 43.4 Å². The molecule has 1 N–H and O–H groups in total. The molecule has 0 aliphatic heterocycles. The van der Waals surface area contributed by atoms with Gasteiger partial charge in [-0.25, -0.2) is 0 Å². The number of allylic oxidation sites excluding steroid dienone is 1. The summed E-state index contributed by atoms with van der Waals surface area (Å²) in [5, 5.41) is 10.1. The van der Waals surface area contributed by atoms with Crippen molar-refractivity contribution in [2.24, 2.45) is 34.5 Å². The van der Waals surface area contributed by atoms with Gasteiger partial charge in [0.2, 0.25) is 0 Å². The molecule has 5 unspecified atom stereocenters. The molecule has 7 atom stereocenters. The third-order valence-corrected chi connectivity index (χ3v) is 8.57. The van der Waals surface area contributed by atoms with E-state index in [1.807, 2.05) is 6.92 Å². The van der Waals surface area contributed by atoms with Gasteiger partial charge >= 0.3 is 0 Å². The Kier molecular flexibility index (Phi) is 3.58. The van der Waals surface area contributed by atoms with Crippen molar-refractivity contribution in [1.82, 2.24) is 0 Å². The van der Waals surface area contributed by atoms with Gasteiger partial charge in [-0.3, -0.25) is 4.79 Å². The summed E-state index contributed by atoms with van der Waals surface area (Å²) in [5.41, 5.74) is 2.11. The molecule has 0 radical (unpaired) electrons. The van der Waals surface area contributed by atoms with E-state index in [0.29, 0.717) is 17.1 Å². The second-order valence-electron chi connectivity index (χ2n) is 9.44. The maximum Gasteiger partial charge on any atom is 0.133 e. The number of Topliss-reactive ketones (excluding diaryl/α,β-unsaturated/α-hetero) is 1. The van der Waals surface area contributed by atoms with Crippen LogP contribution in [0.3, 0.4) is 0 Å².